The fourth-order valence-corrected chi connectivity index (χ4v) is 13.3. The molecule has 0 aliphatic heterocycles. The molecular formula is C77H150O17P2. The Balaban J connectivity index is 5.24. The van der Waals surface area contributed by atoms with Gasteiger partial charge in [-0.1, -0.05) is 350 Å². The molecule has 0 bridgehead atoms. The first-order chi connectivity index (χ1) is 46.4. The van der Waals surface area contributed by atoms with Crippen LogP contribution in [0.3, 0.4) is 0 Å². The molecule has 17 nitrogen and oxygen atoms in total. The van der Waals surface area contributed by atoms with Crippen molar-refractivity contribution in [3.63, 3.8) is 0 Å². The molecule has 0 aromatic heterocycles. The highest BCUT2D eigenvalue weighted by Crippen LogP contribution is 2.45. The first-order valence-electron chi connectivity index (χ1n) is 40.1. The number of carbonyl (C=O) groups excluding carboxylic acids is 4. The van der Waals surface area contributed by atoms with Crippen molar-refractivity contribution < 1.29 is 80.2 Å². The van der Waals surface area contributed by atoms with Gasteiger partial charge >= 0.3 is 39.5 Å². The maximum absolute atomic E-state index is 13.1. The molecule has 0 saturated carbocycles. The Morgan fingerprint density at radius 1 is 0.292 bits per heavy atom. The first-order valence-corrected chi connectivity index (χ1v) is 43.1. The predicted octanol–water partition coefficient (Wildman–Crippen LogP) is 22.7. The van der Waals surface area contributed by atoms with E-state index in [-0.39, 0.29) is 25.7 Å². The fraction of sp³-hybridized carbons (Fsp3) is 0.948. The van der Waals surface area contributed by atoms with Gasteiger partial charge in [-0.25, -0.2) is 9.13 Å². The van der Waals surface area contributed by atoms with Crippen LogP contribution in [0.5, 0.6) is 0 Å². The van der Waals surface area contributed by atoms with E-state index in [0.29, 0.717) is 25.7 Å². The molecule has 96 heavy (non-hydrogen) atoms. The monoisotopic (exact) mass is 1410 g/mol. The van der Waals surface area contributed by atoms with Crippen molar-refractivity contribution in [3.05, 3.63) is 0 Å². The van der Waals surface area contributed by atoms with Crippen molar-refractivity contribution in [3.8, 4) is 0 Å². The predicted molar refractivity (Wildman–Crippen MR) is 391 cm³/mol. The van der Waals surface area contributed by atoms with E-state index in [9.17, 15) is 43.2 Å². The van der Waals surface area contributed by atoms with E-state index in [0.717, 1.165) is 102 Å². The van der Waals surface area contributed by atoms with Crippen LogP contribution in [-0.2, 0) is 65.4 Å². The fourth-order valence-electron chi connectivity index (χ4n) is 11.8. The molecule has 570 valence electrons. The molecule has 0 aromatic carbocycles. The lowest BCUT2D eigenvalue weighted by atomic mass is 9.99. The summed E-state index contributed by atoms with van der Waals surface area (Å²) in [6.45, 7) is 9.65. The van der Waals surface area contributed by atoms with Crippen LogP contribution in [0.15, 0.2) is 0 Å². The number of hydrogen-bond donors (Lipinski definition) is 3. The van der Waals surface area contributed by atoms with Crippen molar-refractivity contribution in [1.29, 1.82) is 0 Å². The van der Waals surface area contributed by atoms with Crippen LogP contribution in [0.4, 0.5) is 0 Å². The van der Waals surface area contributed by atoms with Crippen molar-refractivity contribution >= 4 is 39.5 Å². The molecule has 0 aromatic rings. The van der Waals surface area contributed by atoms with E-state index >= 15 is 0 Å². The second-order valence-electron chi connectivity index (χ2n) is 28.2. The number of aliphatic hydroxyl groups excluding tert-OH is 1. The third-order valence-corrected chi connectivity index (χ3v) is 20.6. The summed E-state index contributed by atoms with van der Waals surface area (Å²) >= 11 is 0. The third kappa shape index (κ3) is 67.9. The molecule has 0 fully saturated rings. The summed E-state index contributed by atoms with van der Waals surface area (Å²) in [7, 11) is -9.91. The highest BCUT2D eigenvalue weighted by molar-refractivity contribution is 7.47. The smallest absolute Gasteiger partial charge is 0.462 e. The summed E-state index contributed by atoms with van der Waals surface area (Å²) in [5.74, 6) is -0.499. The number of hydrogen-bond acceptors (Lipinski definition) is 15. The summed E-state index contributed by atoms with van der Waals surface area (Å²) in [4.78, 5) is 72.8. The van der Waals surface area contributed by atoms with Gasteiger partial charge in [0.15, 0.2) is 12.2 Å². The Kier molecular flexibility index (Phi) is 67.4. The standard InChI is InChI=1S/C77H150O17P2/c1-7-11-13-15-17-19-21-22-23-24-28-31-35-42-48-54-60-75(80)88-65-72(93-76(81)61-55-49-43-36-32-29-26-25-27-30-33-39-45-51-57-69(5)9-3)67-91-95(83,84)89-63-71(78)64-90-96(85,86)92-68-73(66-87-74(79)59-53-47-41-34-20-18-16-14-12-8-2)94-77(82)62-56-50-44-38-37-40-46-52-58-70(6)10-4/h69-73,78H,7-68H2,1-6H3,(H,83,84)(H,85,86)/t69?,70?,71-,72-,73-/m1/s1. The topological polar surface area (TPSA) is 237 Å². The van der Waals surface area contributed by atoms with Crippen molar-refractivity contribution in [2.45, 2.75) is 419 Å². The minimum absolute atomic E-state index is 0.105. The van der Waals surface area contributed by atoms with Crippen molar-refractivity contribution in [1.82, 2.24) is 0 Å². The lowest BCUT2D eigenvalue weighted by molar-refractivity contribution is -0.161. The Bertz CT molecular complexity index is 1860. The Labute approximate surface area is 588 Å². The van der Waals surface area contributed by atoms with Crippen molar-refractivity contribution in [2.24, 2.45) is 11.8 Å². The maximum atomic E-state index is 13.1. The van der Waals surface area contributed by atoms with Gasteiger partial charge in [0, 0.05) is 25.7 Å². The number of carbonyl (C=O) groups is 4. The van der Waals surface area contributed by atoms with E-state index in [1.165, 1.54) is 218 Å². The van der Waals surface area contributed by atoms with Crippen LogP contribution in [-0.4, -0.2) is 96.7 Å². The number of phosphoric acid groups is 2. The van der Waals surface area contributed by atoms with Crippen LogP contribution < -0.4 is 0 Å². The minimum Gasteiger partial charge on any atom is -0.462 e. The van der Waals surface area contributed by atoms with Crippen LogP contribution in [0.2, 0.25) is 0 Å². The quantitative estimate of drug-likeness (QED) is 0.0222. The van der Waals surface area contributed by atoms with Crippen LogP contribution >= 0.6 is 15.6 Å². The maximum Gasteiger partial charge on any atom is 0.472 e. The average molecular weight is 1410 g/mol. The number of rotatable bonds is 76. The zero-order valence-corrected chi connectivity index (χ0v) is 64.5. The van der Waals surface area contributed by atoms with E-state index < -0.39 is 97.5 Å². The molecule has 0 rings (SSSR count). The zero-order chi connectivity index (χ0) is 70.7. The van der Waals surface area contributed by atoms with Crippen LogP contribution in [0.25, 0.3) is 0 Å². The Morgan fingerprint density at radius 3 is 0.740 bits per heavy atom. The molecule has 19 heteroatoms. The van der Waals surface area contributed by atoms with E-state index in [1.807, 2.05) is 0 Å². The van der Waals surface area contributed by atoms with Gasteiger partial charge in [0.1, 0.15) is 19.3 Å². The Hall–Kier alpha value is -1.94. The third-order valence-electron chi connectivity index (χ3n) is 18.7. The molecule has 0 aliphatic carbocycles. The number of phosphoric ester groups is 2. The number of aliphatic hydroxyl groups is 1. The molecule has 3 N–H and O–H groups in total. The summed E-state index contributed by atoms with van der Waals surface area (Å²) in [5.41, 5.74) is 0. The second kappa shape index (κ2) is 68.8. The van der Waals surface area contributed by atoms with Gasteiger partial charge < -0.3 is 33.8 Å². The van der Waals surface area contributed by atoms with Gasteiger partial charge in [-0.3, -0.25) is 37.3 Å². The molecule has 0 amide bonds. The van der Waals surface area contributed by atoms with Crippen molar-refractivity contribution in [2.75, 3.05) is 39.6 Å². The lowest BCUT2D eigenvalue weighted by Gasteiger charge is -2.21. The number of esters is 4. The van der Waals surface area contributed by atoms with E-state index in [4.69, 9.17) is 37.0 Å². The average Bonchev–Trinajstić information content (AvgIpc) is 1.36. The van der Waals surface area contributed by atoms with Gasteiger partial charge in [0.05, 0.1) is 26.4 Å². The largest absolute Gasteiger partial charge is 0.472 e. The van der Waals surface area contributed by atoms with Gasteiger partial charge in [0.25, 0.3) is 0 Å². The molecule has 0 aliphatic rings. The lowest BCUT2D eigenvalue weighted by Crippen LogP contribution is -2.30. The van der Waals surface area contributed by atoms with Gasteiger partial charge in [-0.05, 0) is 37.5 Å². The zero-order valence-electron chi connectivity index (χ0n) is 62.7. The molecule has 4 unspecified atom stereocenters. The summed E-state index contributed by atoms with van der Waals surface area (Å²) < 4.78 is 68.6. The molecule has 0 saturated heterocycles. The molecule has 7 atom stereocenters. The van der Waals surface area contributed by atoms with Crippen LogP contribution in [0, 0.1) is 11.8 Å². The highest BCUT2D eigenvalue weighted by atomic mass is 31.2. The molecule has 0 radical (unpaired) electrons. The van der Waals surface area contributed by atoms with Gasteiger partial charge in [-0.15, -0.1) is 0 Å². The molecular weight excluding hydrogens is 1260 g/mol. The summed E-state index contributed by atoms with van der Waals surface area (Å²) in [5, 5.41) is 10.6. The number of unbranched alkanes of at least 4 members (excludes halogenated alkanes) is 44. The highest BCUT2D eigenvalue weighted by Gasteiger charge is 2.30. The van der Waals surface area contributed by atoms with Crippen LogP contribution in [0.1, 0.15) is 401 Å². The summed E-state index contributed by atoms with van der Waals surface area (Å²) in [6.07, 6.45) is 56.7. The van der Waals surface area contributed by atoms with E-state index in [2.05, 4.69) is 41.5 Å². The first kappa shape index (κ1) is 94.1. The van der Waals surface area contributed by atoms with E-state index in [1.54, 1.807) is 0 Å². The number of ether oxygens (including phenoxy) is 4. The Morgan fingerprint density at radius 2 is 0.500 bits per heavy atom. The van der Waals surface area contributed by atoms with Gasteiger partial charge in [0.2, 0.25) is 0 Å². The minimum atomic E-state index is -4.96. The SMILES string of the molecule is CCCCCCCCCCCCCCCCCCC(=O)OC[C@H](COP(=O)(O)OC[C@@H](O)COP(=O)(O)OC[C@@H](COC(=O)CCCCCCCCCCCC)OC(=O)CCCCCCCCCCC(C)CC)OC(=O)CCCCCCCCCCCCCCCCC(C)CC. The molecule has 0 heterocycles. The molecule has 0 spiro atoms. The normalized spacial score (nSPS) is 14.6. The second-order valence-corrected chi connectivity index (χ2v) is 31.1. The summed E-state index contributed by atoms with van der Waals surface area (Å²) in [6, 6.07) is 0. The van der Waals surface area contributed by atoms with Gasteiger partial charge in [-0.2, -0.15) is 0 Å².